The first-order chi connectivity index (χ1) is 15.5. The Morgan fingerprint density at radius 2 is 1.81 bits per heavy atom. The average molecular weight is 453 g/mol. The zero-order valence-corrected chi connectivity index (χ0v) is 19.1. The van der Waals surface area contributed by atoms with Crippen LogP contribution in [0.5, 0.6) is 0 Å². The molecule has 0 radical (unpaired) electrons. The van der Waals surface area contributed by atoms with E-state index in [-0.39, 0.29) is 18.4 Å². The van der Waals surface area contributed by atoms with Crippen LogP contribution in [-0.2, 0) is 17.8 Å². The third-order valence-electron chi connectivity index (χ3n) is 6.30. The van der Waals surface area contributed by atoms with E-state index in [0.29, 0.717) is 29.6 Å². The van der Waals surface area contributed by atoms with Gasteiger partial charge >= 0.3 is 0 Å². The number of benzene rings is 2. The largest absolute Gasteiger partial charge is 0.352 e. The van der Waals surface area contributed by atoms with Gasteiger partial charge in [0.25, 0.3) is 5.91 Å². The fourth-order valence-corrected chi connectivity index (χ4v) is 4.66. The molecule has 32 heavy (non-hydrogen) atoms. The molecule has 0 bridgehead atoms. The van der Waals surface area contributed by atoms with E-state index in [0.717, 1.165) is 29.7 Å². The van der Waals surface area contributed by atoms with Gasteiger partial charge in [0.2, 0.25) is 5.91 Å². The number of para-hydroxylation sites is 2. The maximum absolute atomic E-state index is 13.1. The van der Waals surface area contributed by atoms with Gasteiger partial charge in [-0.05, 0) is 37.1 Å². The molecule has 0 saturated heterocycles. The summed E-state index contributed by atoms with van der Waals surface area (Å²) in [6.45, 7) is 0.654. The van der Waals surface area contributed by atoms with Gasteiger partial charge in [-0.15, -0.1) is 0 Å². The SMILES string of the molecule is CN(C(=O)Cn1c(CCNC(=O)c2ccccc2Cl)nc2ccccc21)C1CCCCC1. The highest BCUT2D eigenvalue weighted by Crippen LogP contribution is 2.23. The molecule has 4 rings (SSSR count). The van der Waals surface area contributed by atoms with E-state index in [1.807, 2.05) is 40.8 Å². The van der Waals surface area contributed by atoms with E-state index in [2.05, 4.69) is 5.32 Å². The van der Waals surface area contributed by atoms with Crippen molar-refractivity contribution in [3.8, 4) is 0 Å². The number of likely N-dealkylation sites (N-methyl/N-ethyl adjacent to an activating group) is 1. The number of fused-ring (bicyclic) bond motifs is 1. The zero-order valence-electron chi connectivity index (χ0n) is 18.4. The summed E-state index contributed by atoms with van der Waals surface area (Å²) in [4.78, 5) is 32.2. The lowest BCUT2D eigenvalue weighted by molar-refractivity contribution is -0.133. The lowest BCUT2D eigenvalue weighted by atomic mass is 9.94. The molecule has 2 amide bonds. The zero-order chi connectivity index (χ0) is 22.5. The van der Waals surface area contributed by atoms with Gasteiger partial charge in [-0.2, -0.15) is 0 Å². The lowest BCUT2D eigenvalue weighted by Gasteiger charge is -2.31. The molecule has 1 aliphatic carbocycles. The van der Waals surface area contributed by atoms with Crippen molar-refractivity contribution in [1.29, 1.82) is 0 Å². The van der Waals surface area contributed by atoms with Crippen LogP contribution in [0.3, 0.4) is 0 Å². The van der Waals surface area contributed by atoms with Crippen LogP contribution in [0.15, 0.2) is 48.5 Å². The van der Waals surface area contributed by atoms with Crippen LogP contribution in [0.2, 0.25) is 5.02 Å². The number of imidazole rings is 1. The summed E-state index contributed by atoms with van der Waals surface area (Å²) in [7, 11) is 1.92. The Kier molecular flexibility index (Phi) is 7.10. The highest BCUT2D eigenvalue weighted by Gasteiger charge is 2.23. The standard InChI is InChI=1S/C25H29ClN4O2/c1-29(18-9-3-2-4-10-18)24(31)17-30-22-14-8-7-13-21(22)28-23(30)15-16-27-25(32)19-11-5-6-12-20(19)26/h5-8,11-14,18H,2-4,9-10,15-17H2,1H3,(H,27,32). The summed E-state index contributed by atoms with van der Waals surface area (Å²) in [5.41, 5.74) is 2.24. The maximum Gasteiger partial charge on any atom is 0.252 e. The quantitative estimate of drug-likeness (QED) is 0.575. The number of rotatable bonds is 7. The van der Waals surface area contributed by atoms with Gasteiger partial charge in [0.05, 0.1) is 21.6 Å². The molecule has 6 nitrogen and oxygen atoms in total. The Labute approximate surface area is 193 Å². The smallest absolute Gasteiger partial charge is 0.252 e. The van der Waals surface area contributed by atoms with Crippen LogP contribution >= 0.6 is 11.6 Å². The second kappa shape index (κ2) is 10.2. The van der Waals surface area contributed by atoms with Crippen LogP contribution in [-0.4, -0.2) is 45.9 Å². The number of nitrogens with one attached hydrogen (secondary N) is 1. The van der Waals surface area contributed by atoms with Crippen LogP contribution in [0.25, 0.3) is 11.0 Å². The van der Waals surface area contributed by atoms with Gasteiger partial charge in [-0.1, -0.05) is 55.1 Å². The number of amides is 2. The fourth-order valence-electron chi connectivity index (χ4n) is 4.44. The third kappa shape index (κ3) is 4.96. The summed E-state index contributed by atoms with van der Waals surface area (Å²) in [5.74, 6) is 0.670. The van der Waals surface area contributed by atoms with Crippen molar-refractivity contribution in [2.75, 3.05) is 13.6 Å². The fraction of sp³-hybridized carbons (Fsp3) is 0.400. The minimum absolute atomic E-state index is 0.0985. The number of halogens is 1. The van der Waals surface area contributed by atoms with Gasteiger partial charge < -0.3 is 14.8 Å². The number of carbonyl (C=O) groups excluding carboxylic acids is 2. The van der Waals surface area contributed by atoms with Crippen molar-refractivity contribution in [3.05, 3.63) is 64.9 Å². The predicted molar refractivity (Wildman–Crippen MR) is 127 cm³/mol. The minimum atomic E-state index is -0.216. The molecule has 1 aromatic heterocycles. The van der Waals surface area contributed by atoms with Crippen LogP contribution < -0.4 is 5.32 Å². The van der Waals surface area contributed by atoms with Gasteiger partial charge in [-0.3, -0.25) is 9.59 Å². The molecular weight excluding hydrogens is 424 g/mol. The van der Waals surface area contributed by atoms with Gasteiger partial charge in [-0.25, -0.2) is 4.98 Å². The Balaban J connectivity index is 1.47. The van der Waals surface area contributed by atoms with E-state index < -0.39 is 0 Å². The van der Waals surface area contributed by atoms with Gasteiger partial charge in [0.15, 0.2) is 0 Å². The number of hydrogen-bond acceptors (Lipinski definition) is 3. The topological polar surface area (TPSA) is 67.2 Å². The van der Waals surface area contributed by atoms with Crippen molar-refractivity contribution >= 4 is 34.4 Å². The van der Waals surface area contributed by atoms with Crippen molar-refractivity contribution in [3.63, 3.8) is 0 Å². The maximum atomic E-state index is 13.1. The minimum Gasteiger partial charge on any atom is -0.352 e. The Morgan fingerprint density at radius 1 is 1.09 bits per heavy atom. The molecule has 1 aliphatic rings. The molecule has 7 heteroatoms. The first-order valence-corrected chi connectivity index (χ1v) is 11.6. The summed E-state index contributed by atoms with van der Waals surface area (Å²) in [6, 6.07) is 15.1. The van der Waals surface area contributed by atoms with Gasteiger partial charge in [0, 0.05) is 26.1 Å². The van der Waals surface area contributed by atoms with Crippen molar-refractivity contribution in [2.45, 2.75) is 51.1 Å². The highest BCUT2D eigenvalue weighted by molar-refractivity contribution is 6.33. The molecule has 1 heterocycles. The number of carbonyl (C=O) groups is 2. The number of aromatic nitrogens is 2. The highest BCUT2D eigenvalue weighted by atomic mass is 35.5. The molecule has 1 fully saturated rings. The van der Waals surface area contributed by atoms with E-state index in [1.54, 1.807) is 24.3 Å². The molecule has 3 aromatic rings. The first-order valence-electron chi connectivity index (χ1n) is 11.3. The Bertz CT molecular complexity index is 1100. The van der Waals surface area contributed by atoms with E-state index in [9.17, 15) is 9.59 Å². The van der Waals surface area contributed by atoms with Crippen LogP contribution in [0.1, 0.15) is 48.3 Å². The summed E-state index contributed by atoms with van der Waals surface area (Å²) in [6.07, 6.45) is 6.31. The molecule has 0 atom stereocenters. The molecule has 2 aromatic carbocycles. The second-order valence-electron chi connectivity index (χ2n) is 8.39. The van der Waals surface area contributed by atoms with Crippen molar-refractivity contribution in [2.24, 2.45) is 0 Å². The van der Waals surface area contributed by atoms with Crippen LogP contribution in [0, 0.1) is 0 Å². The van der Waals surface area contributed by atoms with E-state index in [4.69, 9.17) is 16.6 Å². The second-order valence-corrected chi connectivity index (χ2v) is 8.79. The Hall–Kier alpha value is -2.86. The van der Waals surface area contributed by atoms with Crippen LogP contribution in [0.4, 0.5) is 0 Å². The normalized spacial score (nSPS) is 14.4. The Morgan fingerprint density at radius 3 is 2.59 bits per heavy atom. The molecule has 168 valence electrons. The van der Waals surface area contributed by atoms with Crippen molar-refractivity contribution < 1.29 is 9.59 Å². The average Bonchev–Trinajstić information content (AvgIpc) is 3.16. The third-order valence-corrected chi connectivity index (χ3v) is 6.63. The molecule has 0 unspecified atom stereocenters. The number of hydrogen-bond donors (Lipinski definition) is 1. The molecule has 1 N–H and O–H groups in total. The van der Waals surface area contributed by atoms with Gasteiger partial charge in [0.1, 0.15) is 12.4 Å². The monoisotopic (exact) mass is 452 g/mol. The molecule has 1 saturated carbocycles. The molecule has 0 aliphatic heterocycles. The first kappa shape index (κ1) is 22.3. The summed E-state index contributed by atoms with van der Waals surface area (Å²) in [5, 5.41) is 3.34. The summed E-state index contributed by atoms with van der Waals surface area (Å²) < 4.78 is 1.98. The summed E-state index contributed by atoms with van der Waals surface area (Å²) >= 11 is 6.13. The van der Waals surface area contributed by atoms with Crippen molar-refractivity contribution in [1.82, 2.24) is 19.8 Å². The number of nitrogens with zero attached hydrogens (tertiary/aromatic N) is 3. The molecule has 0 spiro atoms. The van der Waals surface area contributed by atoms with E-state index in [1.165, 1.54) is 19.3 Å². The van der Waals surface area contributed by atoms with E-state index >= 15 is 0 Å². The lowest BCUT2D eigenvalue weighted by Crippen LogP contribution is -2.40. The molecular formula is C25H29ClN4O2. The predicted octanol–water partition coefficient (Wildman–Crippen LogP) is 4.45.